The van der Waals surface area contributed by atoms with Crippen molar-refractivity contribution in [2.45, 2.75) is 24.3 Å². The smallest absolute Gasteiger partial charge is 0.237 e. The van der Waals surface area contributed by atoms with E-state index in [4.69, 9.17) is 5.73 Å². The molecule has 4 heteroatoms. The van der Waals surface area contributed by atoms with Crippen LogP contribution in [0.5, 0.6) is 0 Å². The second kappa shape index (κ2) is 5.82. The summed E-state index contributed by atoms with van der Waals surface area (Å²) in [7, 11) is 0. The van der Waals surface area contributed by atoms with Crippen LogP contribution in [0.4, 0.5) is 11.4 Å². The Bertz CT molecular complexity index is 654. The SMILES string of the molecule is CC1Cc2ccccc2N1C(=O)CSc1ccc(N)cc1. The number of carbonyl (C=O) groups is 1. The van der Waals surface area contributed by atoms with Gasteiger partial charge in [0.2, 0.25) is 5.91 Å². The summed E-state index contributed by atoms with van der Waals surface area (Å²) >= 11 is 1.55. The molecule has 3 rings (SSSR count). The van der Waals surface area contributed by atoms with Gasteiger partial charge in [0.1, 0.15) is 0 Å². The van der Waals surface area contributed by atoms with Crippen LogP contribution in [0.3, 0.4) is 0 Å². The van der Waals surface area contributed by atoms with Gasteiger partial charge in [-0.05, 0) is 49.2 Å². The summed E-state index contributed by atoms with van der Waals surface area (Å²) in [4.78, 5) is 15.5. The monoisotopic (exact) mass is 298 g/mol. The highest BCUT2D eigenvalue weighted by Gasteiger charge is 2.30. The molecule has 0 bridgehead atoms. The van der Waals surface area contributed by atoms with E-state index in [-0.39, 0.29) is 11.9 Å². The van der Waals surface area contributed by atoms with Gasteiger partial charge in [-0.25, -0.2) is 0 Å². The molecule has 2 N–H and O–H groups in total. The maximum absolute atomic E-state index is 12.5. The van der Waals surface area contributed by atoms with Crippen LogP contribution in [0.15, 0.2) is 53.4 Å². The lowest BCUT2D eigenvalue weighted by molar-refractivity contribution is -0.116. The molecule has 0 saturated carbocycles. The minimum Gasteiger partial charge on any atom is -0.399 e. The molecule has 0 saturated heterocycles. The second-order valence-corrected chi connectivity index (χ2v) is 6.35. The Morgan fingerprint density at radius 3 is 2.71 bits per heavy atom. The summed E-state index contributed by atoms with van der Waals surface area (Å²) in [6.45, 7) is 2.10. The van der Waals surface area contributed by atoms with Crippen LogP contribution in [-0.4, -0.2) is 17.7 Å². The lowest BCUT2D eigenvalue weighted by atomic mass is 10.1. The summed E-state index contributed by atoms with van der Waals surface area (Å²) in [5, 5.41) is 0. The van der Waals surface area contributed by atoms with E-state index < -0.39 is 0 Å². The number of fused-ring (bicyclic) bond motifs is 1. The van der Waals surface area contributed by atoms with Gasteiger partial charge in [-0.15, -0.1) is 11.8 Å². The van der Waals surface area contributed by atoms with Gasteiger partial charge in [0.05, 0.1) is 5.75 Å². The molecule has 0 aliphatic carbocycles. The molecule has 1 amide bonds. The number of benzene rings is 2. The Morgan fingerprint density at radius 1 is 1.24 bits per heavy atom. The first kappa shape index (κ1) is 14.0. The summed E-state index contributed by atoms with van der Waals surface area (Å²) in [5.74, 6) is 0.608. The number of hydrogen-bond acceptors (Lipinski definition) is 3. The van der Waals surface area contributed by atoms with Crippen molar-refractivity contribution in [1.82, 2.24) is 0 Å². The molecule has 1 atom stereocenters. The highest BCUT2D eigenvalue weighted by Crippen LogP contribution is 2.32. The average Bonchev–Trinajstić information content (AvgIpc) is 2.82. The van der Waals surface area contributed by atoms with Gasteiger partial charge in [-0.1, -0.05) is 18.2 Å². The molecule has 2 aromatic carbocycles. The van der Waals surface area contributed by atoms with Gasteiger partial charge < -0.3 is 10.6 Å². The van der Waals surface area contributed by atoms with Crippen molar-refractivity contribution in [2.24, 2.45) is 0 Å². The first-order valence-electron chi connectivity index (χ1n) is 7.03. The van der Waals surface area contributed by atoms with Crippen molar-refractivity contribution >= 4 is 29.0 Å². The third kappa shape index (κ3) is 2.90. The standard InChI is InChI=1S/C17H18N2OS/c1-12-10-13-4-2-3-5-16(13)19(12)17(20)11-21-15-8-6-14(18)7-9-15/h2-9,12H,10-11,18H2,1H3. The number of para-hydroxylation sites is 1. The van der Waals surface area contributed by atoms with Crippen LogP contribution in [0.1, 0.15) is 12.5 Å². The quantitative estimate of drug-likeness (QED) is 0.698. The Labute approximate surface area is 129 Å². The molecular weight excluding hydrogens is 280 g/mol. The molecule has 1 aliphatic heterocycles. The fourth-order valence-corrected chi connectivity index (χ4v) is 3.48. The molecule has 1 aliphatic rings. The number of nitrogens with zero attached hydrogens (tertiary/aromatic N) is 1. The zero-order valence-electron chi connectivity index (χ0n) is 12.0. The summed E-state index contributed by atoms with van der Waals surface area (Å²) in [6.07, 6.45) is 0.939. The number of thioether (sulfide) groups is 1. The average molecular weight is 298 g/mol. The van der Waals surface area contributed by atoms with E-state index in [2.05, 4.69) is 13.0 Å². The lowest BCUT2D eigenvalue weighted by Crippen LogP contribution is -2.36. The minimum atomic E-state index is 0.161. The highest BCUT2D eigenvalue weighted by molar-refractivity contribution is 8.00. The zero-order valence-corrected chi connectivity index (χ0v) is 12.8. The number of rotatable bonds is 3. The molecule has 2 aromatic rings. The molecule has 0 radical (unpaired) electrons. The predicted molar refractivity (Wildman–Crippen MR) is 88.7 cm³/mol. The van der Waals surface area contributed by atoms with Crippen LogP contribution in [0.2, 0.25) is 0 Å². The van der Waals surface area contributed by atoms with E-state index in [0.29, 0.717) is 5.75 Å². The van der Waals surface area contributed by atoms with Crippen molar-refractivity contribution < 1.29 is 4.79 Å². The number of anilines is 2. The number of nitrogen functional groups attached to an aromatic ring is 1. The Kier molecular flexibility index (Phi) is 3.88. The Balaban J connectivity index is 1.70. The van der Waals surface area contributed by atoms with Crippen LogP contribution in [-0.2, 0) is 11.2 Å². The topological polar surface area (TPSA) is 46.3 Å². The van der Waals surface area contributed by atoms with E-state index in [1.54, 1.807) is 11.8 Å². The van der Waals surface area contributed by atoms with Crippen molar-refractivity contribution in [2.75, 3.05) is 16.4 Å². The molecule has 21 heavy (non-hydrogen) atoms. The highest BCUT2D eigenvalue weighted by atomic mass is 32.2. The zero-order chi connectivity index (χ0) is 14.8. The van der Waals surface area contributed by atoms with Crippen molar-refractivity contribution in [3.05, 3.63) is 54.1 Å². The molecule has 0 aromatic heterocycles. The summed E-state index contributed by atoms with van der Waals surface area (Å²) in [5.41, 5.74) is 8.74. The van der Waals surface area contributed by atoms with Crippen LogP contribution in [0, 0.1) is 0 Å². The van der Waals surface area contributed by atoms with E-state index in [1.807, 2.05) is 47.4 Å². The molecule has 108 valence electrons. The molecule has 0 spiro atoms. The van der Waals surface area contributed by atoms with E-state index in [1.165, 1.54) is 5.56 Å². The fraction of sp³-hybridized carbons (Fsp3) is 0.235. The van der Waals surface area contributed by atoms with Crippen LogP contribution < -0.4 is 10.6 Å². The fourth-order valence-electron chi connectivity index (χ4n) is 2.72. The van der Waals surface area contributed by atoms with Crippen molar-refractivity contribution in [3.8, 4) is 0 Å². The molecule has 1 heterocycles. The number of carbonyl (C=O) groups excluding carboxylic acids is 1. The number of amides is 1. The minimum absolute atomic E-state index is 0.161. The van der Waals surface area contributed by atoms with Crippen LogP contribution in [0.25, 0.3) is 0 Å². The summed E-state index contributed by atoms with van der Waals surface area (Å²) in [6, 6.07) is 16.0. The summed E-state index contributed by atoms with van der Waals surface area (Å²) < 4.78 is 0. The largest absolute Gasteiger partial charge is 0.399 e. The van der Waals surface area contributed by atoms with Gasteiger partial charge in [0.25, 0.3) is 0 Å². The first-order valence-corrected chi connectivity index (χ1v) is 8.02. The van der Waals surface area contributed by atoms with E-state index >= 15 is 0 Å². The third-order valence-corrected chi connectivity index (χ3v) is 4.72. The first-order chi connectivity index (χ1) is 10.1. The Hall–Kier alpha value is -1.94. The molecular formula is C17H18N2OS. The number of nitrogens with two attached hydrogens (primary N) is 1. The van der Waals surface area contributed by atoms with Crippen molar-refractivity contribution in [3.63, 3.8) is 0 Å². The maximum atomic E-state index is 12.5. The second-order valence-electron chi connectivity index (χ2n) is 5.30. The number of hydrogen-bond donors (Lipinski definition) is 1. The van der Waals surface area contributed by atoms with Gasteiger partial charge in [0.15, 0.2) is 0 Å². The maximum Gasteiger partial charge on any atom is 0.237 e. The van der Waals surface area contributed by atoms with Gasteiger partial charge in [-0.3, -0.25) is 4.79 Å². The van der Waals surface area contributed by atoms with E-state index in [0.717, 1.165) is 22.7 Å². The normalized spacial score (nSPS) is 16.8. The van der Waals surface area contributed by atoms with Gasteiger partial charge in [0, 0.05) is 22.3 Å². The third-order valence-electron chi connectivity index (χ3n) is 3.72. The van der Waals surface area contributed by atoms with Crippen LogP contribution >= 0.6 is 11.8 Å². The molecule has 1 unspecified atom stereocenters. The van der Waals surface area contributed by atoms with E-state index in [9.17, 15) is 4.79 Å². The molecule has 0 fully saturated rings. The van der Waals surface area contributed by atoms with Gasteiger partial charge in [-0.2, -0.15) is 0 Å². The lowest BCUT2D eigenvalue weighted by Gasteiger charge is -2.22. The predicted octanol–water partition coefficient (Wildman–Crippen LogP) is 3.34. The molecule has 3 nitrogen and oxygen atoms in total. The van der Waals surface area contributed by atoms with Gasteiger partial charge >= 0.3 is 0 Å². The van der Waals surface area contributed by atoms with Crippen molar-refractivity contribution in [1.29, 1.82) is 0 Å². The Morgan fingerprint density at radius 2 is 1.95 bits per heavy atom.